The number of urea groups is 1. The van der Waals surface area contributed by atoms with E-state index in [2.05, 4.69) is 5.32 Å². The van der Waals surface area contributed by atoms with Crippen molar-refractivity contribution in [2.24, 2.45) is 0 Å². The Labute approximate surface area is 146 Å². The van der Waals surface area contributed by atoms with E-state index in [4.69, 9.17) is 0 Å². The molecule has 1 N–H and O–H groups in total. The number of benzene rings is 2. The van der Waals surface area contributed by atoms with Gasteiger partial charge in [-0.15, -0.1) is 0 Å². The van der Waals surface area contributed by atoms with Crippen LogP contribution in [0, 0.1) is 18.6 Å². The first-order valence-electron chi connectivity index (χ1n) is 8.31. The fourth-order valence-electron chi connectivity index (χ4n) is 3.00. The number of piperazine rings is 1. The lowest BCUT2D eigenvalue weighted by Crippen LogP contribution is -2.51. The van der Waals surface area contributed by atoms with Gasteiger partial charge in [0.15, 0.2) is 0 Å². The highest BCUT2D eigenvalue weighted by Gasteiger charge is 2.22. The number of rotatable bonds is 3. The summed E-state index contributed by atoms with van der Waals surface area (Å²) in [6.45, 7) is 4.51. The Morgan fingerprint density at radius 2 is 1.84 bits per heavy atom. The van der Waals surface area contributed by atoms with Gasteiger partial charge in [0.2, 0.25) is 0 Å². The monoisotopic (exact) mass is 345 g/mol. The first-order chi connectivity index (χ1) is 12.0. The van der Waals surface area contributed by atoms with Crippen molar-refractivity contribution in [3.8, 4) is 0 Å². The number of amides is 2. The van der Waals surface area contributed by atoms with E-state index in [1.165, 1.54) is 12.1 Å². The topological polar surface area (TPSA) is 35.6 Å². The van der Waals surface area contributed by atoms with Crippen LogP contribution in [0.1, 0.15) is 11.1 Å². The number of nitrogens with zero attached hydrogens (tertiary/aromatic N) is 2. The molecule has 1 aliphatic rings. The van der Waals surface area contributed by atoms with E-state index in [0.29, 0.717) is 38.4 Å². The number of nitrogens with one attached hydrogen (secondary N) is 1. The van der Waals surface area contributed by atoms with Crippen molar-refractivity contribution in [3.63, 3.8) is 0 Å². The molecule has 1 aliphatic heterocycles. The van der Waals surface area contributed by atoms with Crippen molar-refractivity contribution in [3.05, 3.63) is 65.2 Å². The Bertz CT molecular complexity index is 758. The maximum atomic E-state index is 13.9. The molecular formula is C19H21F2N3O. The van der Waals surface area contributed by atoms with Gasteiger partial charge in [0.1, 0.15) is 11.6 Å². The van der Waals surface area contributed by atoms with E-state index >= 15 is 0 Å². The fourth-order valence-corrected chi connectivity index (χ4v) is 3.00. The van der Waals surface area contributed by atoms with E-state index in [1.54, 1.807) is 4.90 Å². The lowest BCUT2D eigenvalue weighted by Gasteiger charge is -2.36. The molecule has 0 atom stereocenters. The minimum absolute atomic E-state index is 0.124. The van der Waals surface area contributed by atoms with E-state index in [-0.39, 0.29) is 6.03 Å². The lowest BCUT2D eigenvalue weighted by molar-refractivity contribution is 0.194. The second-order valence-electron chi connectivity index (χ2n) is 6.22. The zero-order valence-electron chi connectivity index (χ0n) is 14.1. The molecule has 6 heteroatoms. The summed E-state index contributed by atoms with van der Waals surface area (Å²) >= 11 is 0. The van der Waals surface area contributed by atoms with Crippen LogP contribution in [-0.4, -0.2) is 37.1 Å². The molecular weight excluding hydrogens is 324 g/mol. The molecule has 0 saturated carbocycles. The molecule has 3 rings (SSSR count). The van der Waals surface area contributed by atoms with Crippen LogP contribution in [0.5, 0.6) is 0 Å². The highest BCUT2D eigenvalue weighted by molar-refractivity contribution is 5.74. The molecule has 2 aromatic carbocycles. The minimum Gasteiger partial charge on any atom is -0.366 e. The minimum atomic E-state index is -0.588. The quantitative estimate of drug-likeness (QED) is 0.926. The molecule has 0 aromatic heterocycles. The molecule has 1 heterocycles. The summed E-state index contributed by atoms with van der Waals surface area (Å²) in [6, 6.07) is 11.4. The van der Waals surface area contributed by atoms with Gasteiger partial charge in [-0.25, -0.2) is 13.6 Å². The molecule has 2 amide bonds. The first-order valence-corrected chi connectivity index (χ1v) is 8.31. The number of aryl methyl sites for hydroxylation is 1. The maximum Gasteiger partial charge on any atom is 0.317 e. The van der Waals surface area contributed by atoms with Gasteiger partial charge >= 0.3 is 6.03 Å². The van der Waals surface area contributed by atoms with Crippen LogP contribution in [0.3, 0.4) is 0 Å². The summed E-state index contributed by atoms with van der Waals surface area (Å²) in [7, 11) is 0. The number of anilines is 1. The smallest absolute Gasteiger partial charge is 0.317 e. The van der Waals surface area contributed by atoms with E-state index in [9.17, 15) is 13.6 Å². The van der Waals surface area contributed by atoms with Crippen molar-refractivity contribution < 1.29 is 13.6 Å². The molecule has 1 saturated heterocycles. The van der Waals surface area contributed by atoms with Gasteiger partial charge in [0.25, 0.3) is 0 Å². The Balaban J connectivity index is 1.52. The summed E-state index contributed by atoms with van der Waals surface area (Å²) in [4.78, 5) is 15.8. The number of carbonyl (C=O) groups excluding carboxylic acids is 1. The van der Waals surface area contributed by atoms with Crippen molar-refractivity contribution in [2.45, 2.75) is 13.5 Å². The second kappa shape index (κ2) is 7.51. The second-order valence-corrected chi connectivity index (χ2v) is 6.22. The van der Waals surface area contributed by atoms with Crippen LogP contribution in [0.15, 0.2) is 42.5 Å². The zero-order chi connectivity index (χ0) is 17.8. The third kappa shape index (κ3) is 4.26. The number of halogens is 2. The molecule has 0 spiro atoms. The van der Waals surface area contributed by atoms with Crippen LogP contribution in [0.4, 0.5) is 19.3 Å². The van der Waals surface area contributed by atoms with E-state index in [0.717, 1.165) is 17.2 Å². The molecule has 0 aliphatic carbocycles. The standard InChI is InChI=1S/C19H21F2N3O/c1-14-3-2-4-15(11-14)13-22-19(25)24-9-7-23(8-10-24)18-6-5-16(20)12-17(18)21/h2-6,11-12H,7-10,13H2,1H3,(H,22,25). The average Bonchev–Trinajstić information content (AvgIpc) is 2.60. The normalized spacial score (nSPS) is 14.5. The van der Waals surface area contributed by atoms with Crippen molar-refractivity contribution >= 4 is 11.7 Å². The summed E-state index contributed by atoms with van der Waals surface area (Å²) in [6.07, 6.45) is 0. The van der Waals surface area contributed by atoms with E-state index < -0.39 is 11.6 Å². The van der Waals surface area contributed by atoms with Crippen LogP contribution in [0.2, 0.25) is 0 Å². The van der Waals surface area contributed by atoms with Gasteiger partial charge in [-0.3, -0.25) is 0 Å². The third-order valence-corrected chi connectivity index (χ3v) is 4.34. The van der Waals surface area contributed by atoms with Gasteiger partial charge in [0.05, 0.1) is 5.69 Å². The summed E-state index contributed by atoms with van der Waals surface area (Å²) in [5.41, 5.74) is 2.59. The molecule has 0 bridgehead atoms. The lowest BCUT2D eigenvalue weighted by atomic mass is 10.1. The molecule has 132 valence electrons. The van der Waals surface area contributed by atoms with E-state index in [1.807, 2.05) is 36.1 Å². The fraction of sp³-hybridized carbons (Fsp3) is 0.316. The van der Waals surface area contributed by atoms with Crippen molar-refractivity contribution in [1.82, 2.24) is 10.2 Å². The predicted octanol–water partition coefficient (Wildman–Crippen LogP) is 3.31. The highest BCUT2D eigenvalue weighted by atomic mass is 19.1. The first kappa shape index (κ1) is 17.2. The van der Waals surface area contributed by atoms with Crippen LogP contribution < -0.4 is 10.2 Å². The number of hydrogen-bond donors (Lipinski definition) is 1. The Kier molecular flexibility index (Phi) is 5.16. The van der Waals surface area contributed by atoms with Crippen molar-refractivity contribution in [1.29, 1.82) is 0 Å². The van der Waals surface area contributed by atoms with Gasteiger partial charge in [-0.05, 0) is 24.6 Å². The van der Waals surface area contributed by atoms with Gasteiger partial charge in [-0.1, -0.05) is 29.8 Å². The van der Waals surface area contributed by atoms with Crippen LogP contribution in [-0.2, 0) is 6.54 Å². The van der Waals surface area contributed by atoms with Gasteiger partial charge in [-0.2, -0.15) is 0 Å². The van der Waals surface area contributed by atoms with Gasteiger partial charge in [0, 0.05) is 38.8 Å². The summed E-state index contributed by atoms with van der Waals surface area (Å²) in [5, 5.41) is 2.91. The summed E-state index contributed by atoms with van der Waals surface area (Å²) in [5.74, 6) is -1.16. The molecule has 25 heavy (non-hydrogen) atoms. The Hall–Kier alpha value is -2.63. The van der Waals surface area contributed by atoms with Gasteiger partial charge < -0.3 is 15.1 Å². The molecule has 1 fully saturated rings. The summed E-state index contributed by atoms with van der Waals surface area (Å²) < 4.78 is 26.9. The number of carbonyl (C=O) groups is 1. The zero-order valence-corrected chi connectivity index (χ0v) is 14.1. The Morgan fingerprint density at radius 3 is 2.52 bits per heavy atom. The maximum absolute atomic E-state index is 13.9. The molecule has 4 nitrogen and oxygen atoms in total. The molecule has 0 unspecified atom stereocenters. The molecule has 2 aromatic rings. The number of hydrogen-bond acceptors (Lipinski definition) is 2. The predicted molar refractivity (Wildman–Crippen MR) is 93.6 cm³/mol. The molecule has 0 radical (unpaired) electrons. The SMILES string of the molecule is Cc1cccc(CNC(=O)N2CCN(c3ccc(F)cc3F)CC2)c1. The average molecular weight is 345 g/mol. The highest BCUT2D eigenvalue weighted by Crippen LogP contribution is 2.21. The third-order valence-electron chi connectivity index (χ3n) is 4.34. The van der Waals surface area contributed by atoms with Crippen molar-refractivity contribution in [2.75, 3.05) is 31.1 Å². The Morgan fingerprint density at radius 1 is 1.08 bits per heavy atom. The largest absolute Gasteiger partial charge is 0.366 e. The van der Waals surface area contributed by atoms with Crippen LogP contribution in [0.25, 0.3) is 0 Å². The van der Waals surface area contributed by atoms with Crippen LogP contribution >= 0.6 is 0 Å².